The van der Waals surface area contributed by atoms with Crippen LogP contribution in [-0.2, 0) is 59.3 Å². The third-order valence-corrected chi connectivity index (χ3v) is 0. The molecule has 0 aliphatic rings. The maximum absolute atomic E-state index is 10.2. The van der Waals surface area contributed by atoms with Gasteiger partial charge in [0.25, 0.3) is 0 Å². The molecule has 431 valence electrons. The van der Waals surface area contributed by atoms with Crippen LogP contribution >= 0.6 is 95.3 Å². The second-order valence-corrected chi connectivity index (χ2v) is 55.3. The van der Waals surface area contributed by atoms with Crippen LogP contribution in [0, 0.1) is 206 Å². The van der Waals surface area contributed by atoms with Gasteiger partial charge in [-0.3, -0.25) is 36.5 Å². The third kappa shape index (κ3) is 5140. The van der Waals surface area contributed by atoms with Gasteiger partial charge in [0.05, 0.1) is 35.7 Å². The Kier molecular flexibility index (Phi) is 114. The molecule has 0 saturated carbocycles. The monoisotopic (exact) mass is 1920 g/mol. The van der Waals surface area contributed by atoms with Crippen molar-refractivity contribution in [2.75, 3.05) is 187 Å². The van der Waals surface area contributed by atoms with Crippen molar-refractivity contribution < 1.29 is 320 Å². The minimum Gasteiger partial charge on any atom is -0.345 e. The molecule has 42 heteroatoms. The summed E-state index contributed by atoms with van der Waals surface area (Å²) in [6.07, 6.45) is 0. The van der Waals surface area contributed by atoms with Gasteiger partial charge in [-0.25, -0.2) is 0 Å². The van der Waals surface area contributed by atoms with Gasteiger partial charge in [-0.2, -0.15) is 0 Å². The molecule has 0 bridgehead atoms. The first kappa shape index (κ1) is 129. The van der Waals surface area contributed by atoms with E-state index in [-0.39, 0.29) is 206 Å². The topological polar surface area (TPSA) is 444 Å². The summed E-state index contributed by atoms with van der Waals surface area (Å²) in [6, 6.07) is 0. The zero-order valence-corrected chi connectivity index (χ0v) is 77.1. The van der Waals surface area contributed by atoms with Crippen LogP contribution in [0.15, 0.2) is 0 Å². The van der Waals surface area contributed by atoms with Gasteiger partial charge in [0.15, 0.2) is 36.8 Å². The maximum Gasteiger partial charge on any atom is 0.322 e. The third-order valence-electron chi connectivity index (χ3n) is 0. The van der Waals surface area contributed by atoms with Crippen molar-refractivity contribution in [3.8, 4) is 0 Å². The molecule has 0 aromatic heterocycles. The summed E-state index contributed by atoms with van der Waals surface area (Å²) in [5.74, 6) is 0. The first-order valence-electron chi connectivity index (χ1n) is 17.1. The molecule has 0 spiro atoms. The van der Waals surface area contributed by atoms with E-state index in [1.54, 1.807) is 100.0 Å². The average molecular weight is 1920 g/mol. The van der Waals surface area contributed by atoms with Crippen molar-refractivity contribution in [3.63, 3.8) is 0 Å². The Hall–Kier alpha value is 9.37. The van der Waals surface area contributed by atoms with E-state index < -0.39 is 95.3 Å². The summed E-state index contributed by atoms with van der Waals surface area (Å²) < 4.78 is 128. The van der Waals surface area contributed by atoms with E-state index >= 15 is 0 Å². The minimum atomic E-state index is -3.64. The van der Waals surface area contributed by atoms with E-state index in [1.165, 1.54) is 66.6 Å². The predicted molar refractivity (Wildman–Crippen MR) is 289 cm³/mol. The zero-order chi connectivity index (χ0) is 58.5. The average Bonchev–Trinajstić information content (AvgIpc) is 2.54. The molecule has 0 aliphatic heterocycles. The maximum atomic E-state index is 10.2. The Labute approximate surface area is 590 Å². The van der Waals surface area contributed by atoms with Gasteiger partial charge >= 0.3 is 22.8 Å². The van der Waals surface area contributed by atoms with Gasteiger partial charge in [-0.05, 0) is 100.0 Å². The second kappa shape index (κ2) is 61.5. The number of hydrogen-bond donors (Lipinski definition) is 11. The van der Waals surface area contributed by atoms with E-state index in [9.17, 15) is 59.3 Å². The fraction of sp³-hybridized carbons (Fsp3) is 1.00. The van der Waals surface area contributed by atoms with Gasteiger partial charge in [0, 0.05) is 293 Å². The fourth-order valence-corrected chi connectivity index (χ4v) is 0. The first-order chi connectivity index (χ1) is 26.0. The van der Waals surface area contributed by atoms with Crippen LogP contribution < -0.4 is 0 Å². The molecule has 70 heavy (non-hydrogen) atoms. The molecule has 0 fully saturated rings. The Balaban J connectivity index is -0.0000000260. The molecule has 0 unspecified atom stereocenters. The Bertz CT molecular complexity index is 1210. The van der Waals surface area contributed by atoms with Crippen molar-refractivity contribution in [1.82, 2.24) is 0 Å². The summed E-state index contributed by atoms with van der Waals surface area (Å²) in [7, 11) is -32.3. The normalized spacial score (nSPS) is 11.0. The van der Waals surface area contributed by atoms with Crippen molar-refractivity contribution in [2.24, 2.45) is 0 Å². The summed E-state index contributed by atoms with van der Waals surface area (Å²) in [6.45, 7) is 41.7. The molecule has 0 saturated heterocycles. The summed E-state index contributed by atoms with van der Waals surface area (Å²) in [4.78, 5) is 86.2. The smallest absolute Gasteiger partial charge is 0.322 e. The molecule has 5 radical (unpaired) electrons. The molecule has 0 aromatic carbocycles. The Morgan fingerprint density at radius 2 is 0.157 bits per heavy atom. The van der Waals surface area contributed by atoms with Gasteiger partial charge in [-0.1, -0.05) is 0 Å². The van der Waals surface area contributed by atoms with Crippen LogP contribution in [0.1, 0.15) is 0 Å². The van der Waals surface area contributed by atoms with E-state index in [1.807, 2.05) is 0 Å². The first-order valence-corrected chi connectivity index (χ1v) is 51.3. The number of rotatable bonds is 0. The molecule has 0 atom stereocenters. The van der Waals surface area contributed by atoms with E-state index in [4.69, 9.17) is 53.8 Å². The quantitative estimate of drug-likeness (QED) is 0.102. The van der Waals surface area contributed by atoms with Gasteiger partial charge < -0.3 is 76.7 Å². The second-order valence-electron chi connectivity index (χ2n) is 18.4. The molecular weight excluding hydrogens is 1830 g/mol. The van der Waals surface area contributed by atoms with Crippen LogP contribution in [0.4, 0.5) is 0 Å². The van der Waals surface area contributed by atoms with Crippen LogP contribution in [0.5, 0.6) is 0 Å². The van der Waals surface area contributed by atoms with Crippen molar-refractivity contribution in [1.29, 1.82) is 0 Å². The van der Waals surface area contributed by atoms with Gasteiger partial charge in [0.1, 0.15) is 0 Å². The van der Waals surface area contributed by atoms with Gasteiger partial charge in [0.2, 0.25) is 0 Å². The standard InChI is InChI=1S/5C3H9OP.5C2H7O2P.3CH5O3P.5Pr/c13*1-5(2,3)4;;;;;/h5*1-3H3;5*1-2H3,(H,3,4);3*1H3,(H2,2,3,4);;;;;. The molecule has 0 heterocycles. The predicted octanol–water partition coefficient (Wildman–Crippen LogP) is 8.16. The minimum absolute atomic E-state index is 0. The number of hydrogen-bond acceptors (Lipinski definition) is 13. The molecule has 0 aliphatic carbocycles. The van der Waals surface area contributed by atoms with E-state index in [0.29, 0.717) is 0 Å². The molecule has 0 rings (SSSR count). The Morgan fingerprint density at radius 3 is 0.157 bits per heavy atom. The molecular formula is C28H95O24P13Pr5. The van der Waals surface area contributed by atoms with E-state index in [0.717, 1.165) is 20.0 Å². The van der Waals surface area contributed by atoms with Crippen LogP contribution in [0.25, 0.3) is 0 Å². The Morgan fingerprint density at radius 1 is 0.157 bits per heavy atom. The molecule has 0 amide bonds. The fourth-order valence-electron chi connectivity index (χ4n) is 0. The van der Waals surface area contributed by atoms with Gasteiger partial charge in [-0.15, -0.1) is 0 Å². The van der Waals surface area contributed by atoms with Crippen molar-refractivity contribution >= 4 is 95.3 Å². The molecule has 11 N–H and O–H groups in total. The van der Waals surface area contributed by atoms with Crippen LogP contribution in [0.3, 0.4) is 0 Å². The van der Waals surface area contributed by atoms with Crippen molar-refractivity contribution in [3.05, 3.63) is 0 Å². The summed E-state index contributed by atoms with van der Waals surface area (Å²) in [5, 5.41) is 0. The zero-order valence-electron chi connectivity index (χ0n) is 46.9. The molecule has 0 aromatic rings. The van der Waals surface area contributed by atoms with Crippen molar-refractivity contribution in [2.45, 2.75) is 0 Å². The SMILES string of the molecule is CP(=O)(O)O.CP(=O)(O)O.CP(=O)(O)O.CP(C)(=O)O.CP(C)(=O)O.CP(C)(=O)O.CP(C)(=O)O.CP(C)(=O)O.CP(C)(C)=O.CP(C)(C)=O.CP(C)(C)=O.CP(C)(C)=O.CP(C)(C)=O.[Pr].[Pr].[Pr].[Pr].[Pr]. The van der Waals surface area contributed by atoms with Crippen LogP contribution in [-0.4, -0.2) is 240 Å². The largest absolute Gasteiger partial charge is 0.345 e. The van der Waals surface area contributed by atoms with E-state index in [2.05, 4.69) is 0 Å². The summed E-state index contributed by atoms with van der Waals surface area (Å²) in [5.41, 5.74) is 0. The summed E-state index contributed by atoms with van der Waals surface area (Å²) >= 11 is 0. The molecule has 24 nitrogen and oxygen atoms in total. The van der Waals surface area contributed by atoms with Crippen LogP contribution in [0.2, 0.25) is 0 Å².